The first-order chi connectivity index (χ1) is 9.17. The molecular formula is C13H18N2O3S. The molecule has 104 valence electrons. The monoisotopic (exact) mass is 282 g/mol. The second-order valence-corrected chi connectivity index (χ2v) is 5.32. The van der Waals surface area contributed by atoms with Crippen LogP contribution in [0.2, 0.25) is 0 Å². The van der Waals surface area contributed by atoms with Crippen LogP contribution in [0.5, 0.6) is 0 Å². The first-order valence-corrected chi connectivity index (χ1v) is 7.38. The average molecular weight is 282 g/mol. The molecule has 2 heterocycles. The van der Waals surface area contributed by atoms with Crippen molar-refractivity contribution < 1.29 is 14.3 Å². The lowest BCUT2D eigenvalue weighted by molar-refractivity contribution is -0.139. The zero-order valence-corrected chi connectivity index (χ0v) is 12.0. The molecule has 0 saturated carbocycles. The predicted octanol–water partition coefficient (Wildman–Crippen LogP) is 1.23. The molecule has 0 unspecified atom stereocenters. The van der Waals surface area contributed by atoms with Crippen molar-refractivity contribution in [3.05, 3.63) is 22.4 Å². The Hall–Kier alpha value is -1.43. The summed E-state index contributed by atoms with van der Waals surface area (Å²) in [6.07, 6.45) is 3.11. The summed E-state index contributed by atoms with van der Waals surface area (Å²) in [7, 11) is 1.61. The summed E-state index contributed by atoms with van der Waals surface area (Å²) in [5.74, 6) is 0.403. The number of esters is 1. The van der Waals surface area contributed by atoms with E-state index in [0.29, 0.717) is 13.0 Å². The molecule has 0 aromatic carbocycles. The fourth-order valence-electron chi connectivity index (χ4n) is 2.07. The molecule has 2 rings (SSSR count). The fourth-order valence-corrected chi connectivity index (χ4v) is 3.32. The van der Waals surface area contributed by atoms with Gasteiger partial charge in [-0.25, -0.2) is 4.79 Å². The number of fused-ring (bicyclic) bond motifs is 1. The standard InChI is InChI=1S/C13H18N2O3S/c1-3-6-18-13(17)10-4-5-15-9(7-11(16)14-2)8-19-12(10)15/h7H,3-6,8H2,1-2H3,(H,14,16). The minimum atomic E-state index is -0.215. The van der Waals surface area contributed by atoms with E-state index >= 15 is 0 Å². The third-order valence-corrected chi connectivity index (χ3v) is 4.20. The van der Waals surface area contributed by atoms with Gasteiger partial charge in [0, 0.05) is 37.5 Å². The van der Waals surface area contributed by atoms with Gasteiger partial charge in [0.1, 0.15) is 0 Å². The van der Waals surface area contributed by atoms with Crippen molar-refractivity contribution >= 4 is 23.6 Å². The predicted molar refractivity (Wildman–Crippen MR) is 74.2 cm³/mol. The van der Waals surface area contributed by atoms with E-state index in [4.69, 9.17) is 4.74 Å². The Kier molecular flexibility index (Phi) is 4.52. The summed E-state index contributed by atoms with van der Waals surface area (Å²) >= 11 is 1.60. The number of rotatable bonds is 4. The number of nitrogens with one attached hydrogen (secondary N) is 1. The maximum atomic E-state index is 11.9. The number of hydrogen-bond acceptors (Lipinski definition) is 5. The summed E-state index contributed by atoms with van der Waals surface area (Å²) in [5.41, 5.74) is 1.70. The molecule has 19 heavy (non-hydrogen) atoms. The number of ether oxygens (including phenoxy) is 1. The number of carbonyl (C=O) groups is 2. The molecule has 0 radical (unpaired) electrons. The van der Waals surface area contributed by atoms with Gasteiger partial charge >= 0.3 is 5.97 Å². The molecule has 2 aliphatic heterocycles. The van der Waals surface area contributed by atoms with E-state index in [2.05, 4.69) is 5.32 Å². The summed E-state index contributed by atoms with van der Waals surface area (Å²) < 4.78 is 5.19. The summed E-state index contributed by atoms with van der Waals surface area (Å²) in [6.45, 7) is 3.18. The molecule has 0 atom stereocenters. The molecule has 0 bridgehead atoms. The zero-order valence-electron chi connectivity index (χ0n) is 11.2. The molecule has 1 fully saturated rings. The van der Waals surface area contributed by atoms with Crippen molar-refractivity contribution in [1.82, 2.24) is 10.2 Å². The quantitative estimate of drug-likeness (QED) is 0.621. The minimum Gasteiger partial charge on any atom is -0.462 e. The van der Waals surface area contributed by atoms with E-state index < -0.39 is 0 Å². The van der Waals surface area contributed by atoms with E-state index in [1.807, 2.05) is 11.8 Å². The van der Waals surface area contributed by atoms with Crippen molar-refractivity contribution in [2.75, 3.05) is 26.0 Å². The van der Waals surface area contributed by atoms with Gasteiger partial charge in [0.15, 0.2) is 0 Å². The lowest BCUT2D eigenvalue weighted by Gasteiger charge is -2.14. The second-order valence-electron chi connectivity index (χ2n) is 4.36. The second kappa shape index (κ2) is 6.14. The van der Waals surface area contributed by atoms with Crippen LogP contribution < -0.4 is 5.32 Å². The lowest BCUT2D eigenvalue weighted by atomic mass is 10.2. The van der Waals surface area contributed by atoms with E-state index in [0.717, 1.165) is 35.0 Å². The topological polar surface area (TPSA) is 58.6 Å². The van der Waals surface area contributed by atoms with Crippen LogP contribution in [0.3, 0.4) is 0 Å². The Morgan fingerprint density at radius 2 is 2.32 bits per heavy atom. The maximum Gasteiger partial charge on any atom is 0.336 e. The van der Waals surface area contributed by atoms with Crippen LogP contribution in [0.15, 0.2) is 22.4 Å². The average Bonchev–Trinajstić information content (AvgIpc) is 2.98. The van der Waals surface area contributed by atoms with Crippen molar-refractivity contribution in [2.45, 2.75) is 19.8 Å². The summed E-state index contributed by atoms with van der Waals surface area (Å²) in [4.78, 5) is 25.3. The highest BCUT2D eigenvalue weighted by atomic mass is 32.2. The number of carbonyl (C=O) groups excluding carboxylic acids is 2. The van der Waals surface area contributed by atoms with Crippen molar-refractivity contribution in [2.24, 2.45) is 0 Å². The third-order valence-electron chi connectivity index (χ3n) is 3.02. The maximum absolute atomic E-state index is 11.9. The highest BCUT2D eigenvalue weighted by Gasteiger charge is 2.34. The molecule has 1 amide bonds. The SMILES string of the molecule is CCCOC(=O)C1=C2SCC(=CC(=O)NC)N2CC1. The van der Waals surface area contributed by atoms with Crippen LogP contribution in [0.25, 0.3) is 0 Å². The van der Waals surface area contributed by atoms with Gasteiger partial charge in [0.2, 0.25) is 5.91 Å². The molecular weight excluding hydrogens is 264 g/mol. The molecule has 2 aliphatic rings. The Labute approximate surface area is 117 Å². The smallest absolute Gasteiger partial charge is 0.336 e. The van der Waals surface area contributed by atoms with Gasteiger partial charge in [0.05, 0.1) is 17.2 Å². The number of likely N-dealkylation sites (N-methyl/N-ethyl adjacent to an activating group) is 1. The number of thioether (sulfide) groups is 1. The third kappa shape index (κ3) is 2.94. The van der Waals surface area contributed by atoms with Crippen molar-refractivity contribution in [3.63, 3.8) is 0 Å². The molecule has 0 aliphatic carbocycles. The van der Waals surface area contributed by atoms with Crippen LogP contribution in [-0.2, 0) is 14.3 Å². The van der Waals surface area contributed by atoms with E-state index in [9.17, 15) is 9.59 Å². The molecule has 5 nitrogen and oxygen atoms in total. The van der Waals surface area contributed by atoms with E-state index in [1.165, 1.54) is 0 Å². The fraction of sp³-hybridized carbons (Fsp3) is 0.538. The van der Waals surface area contributed by atoms with Crippen molar-refractivity contribution in [3.8, 4) is 0 Å². The first kappa shape index (κ1) is 14.0. The Bertz CT molecular complexity index is 457. The molecule has 1 N–H and O–H groups in total. The molecule has 6 heteroatoms. The first-order valence-electron chi connectivity index (χ1n) is 6.40. The largest absolute Gasteiger partial charge is 0.462 e. The van der Waals surface area contributed by atoms with E-state index in [1.54, 1.807) is 24.9 Å². The molecule has 0 aromatic heterocycles. The van der Waals surface area contributed by atoms with Crippen LogP contribution >= 0.6 is 11.8 Å². The number of amides is 1. The number of hydrogen-bond donors (Lipinski definition) is 1. The molecule has 0 aromatic rings. The normalized spacial score (nSPS) is 19.9. The van der Waals surface area contributed by atoms with Crippen LogP contribution in [0.1, 0.15) is 19.8 Å². The Morgan fingerprint density at radius 3 is 3.00 bits per heavy atom. The summed E-state index contributed by atoms with van der Waals surface area (Å²) in [5, 5.41) is 3.53. The van der Waals surface area contributed by atoms with Gasteiger partial charge in [0.25, 0.3) is 0 Å². The van der Waals surface area contributed by atoms with Gasteiger partial charge < -0.3 is 15.0 Å². The highest BCUT2D eigenvalue weighted by Crippen LogP contribution is 2.42. The minimum absolute atomic E-state index is 0.112. The van der Waals surface area contributed by atoms with Gasteiger partial charge in [-0.2, -0.15) is 0 Å². The zero-order chi connectivity index (χ0) is 13.8. The van der Waals surface area contributed by atoms with Gasteiger partial charge in [-0.05, 0) is 6.42 Å². The van der Waals surface area contributed by atoms with Crippen LogP contribution in [-0.4, -0.2) is 42.7 Å². The Balaban J connectivity index is 2.12. The van der Waals surface area contributed by atoms with Gasteiger partial charge in [-0.15, -0.1) is 11.8 Å². The van der Waals surface area contributed by atoms with Crippen LogP contribution in [0.4, 0.5) is 0 Å². The van der Waals surface area contributed by atoms with Crippen LogP contribution in [0, 0.1) is 0 Å². The molecule has 1 saturated heterocycles. The van der Waals surface area contributed by atoms with E-state index in [-0.39, 0.29) is 11.9 Å². The highest BCUT2D eigenvalue weighted by molar-refractivity contribution is 8.03. The van der Waals surface area contributed by atoms with Gasteiger partial charge in [-0.3, -0.25) is 4.79 Å². The van der Waals surface area contributed by atoms with Gasteiger partial charge in [-0.1, -0.05) is 6.92 Å². The van der Waals surface area contributed by atoms with Crippen molar-refractivity contribution in [1.29, 1.82) is 0 Å². The number of nitrogens with zero attached hydrogens (tertiary/aromatic N) is 1. The lowest BCUT2D eigenvalue weighted by Crippen LogP contribution is -2.19. The Morgan fingerprint density at radius 1 is 1.53 bits per heavy atom. The summed E-state index contributed by atoms with van der Waals surface area (Å²) in [6, 6.07) is 0. The molecule has 0 spiro atoms.